The van der Waals surface area contributed by atoms with Crippen LogP contribution in [0.4, 0.5) is 5.69 Å². The minimum absolute atomic E-state index is 0.0197. The molecule has 0 radical (unpaired) electrons. The normalized spacial score (nSPS) is 19.7. The minimum atomic E-state index is -0.765. The van der Waals surface area contributed by atoms with E-state index in [4.69, 9.17) is 0 Å². The van der Waals surface area contributed by atoms with Crippen molar-refractivity contribution in [2.45, 2.75) is 19.8 Å². The van der Waals surface area contributed by atoms with E-state index in [9.17, 15) is 29.3 Å². The van der Waals surface area contributed by atoms with Crippen molar-refractivity contribution < 1.29 is 24.1 Å². The Kier molecular flexibility index (Phi) is 5.87. The van der Waals surface area contributed by atoms with Crippen molar-refractivity contribution in [2.24, 2.45) is 11.8 Å². The maximum Gasteiger partial charge on any atom is 0.273 e. The first-order valence-electron chi connectivity index (χ1n) is 10.5. The molecule has 2 aliphatic rings. The van der Waals surface area contributed by atoms with Crippen LogP contribution in [0.5, 0.6) is 0 Å². The first-order chi connectivity index (χ1) is 15.8. The fourth-order valence-electron chi connectivity index (χ4n) is 4.22. The molecule has 0 aromatic heterocycles. The zero-order valence-corrected chi connectivity index (χ0v) is 17.8. The molecule has 0 bridgehead atoms. The van der Waals surface area contributed by atoms with Crippen molar-refractivity contribution in [3.05, 3.63) is 87.5 Å². The number of hydrazine groups is 1. The third-order valence-electron chi connectivity index (χ3n) is 5.99. The van der Waals surface area contributed by atoms with Crippen molar-refractivity contribution in [3.8, 4) is 0 Å². The van der Waals surface area contributed by atoms with Crippen LogP contribution in [0.3, 0.4) is 0 Å². The number of rotatable bonds is 6. The number of carbonyl (C=O) groups excluding carboxylic acids is 4. The van der Waals surface area contributed by atoms with Crippen LogP contribution in [0.25, 0.3) is 0 Å². The largest absolute Gasteiger partial charge is 0.292 e. The molecule has 1 aliphatic carbocycles. The van der Waals surface area contributed by atoms with Crippen molar-refractivity contribution in [1.82, 2.24) is 10.0 Å². The second-order valence-corrected chi connectivity index (χ2v) is 8.15. The van der Waals surface area contributed by atoms with Gasteiger partial charge < -0.3 is 0 Å². The van der Waals surface area contributed by atoms with Crippen molar-refractivity contribution >= 4 is 29.2 Å². The maximum absolute atomic E-state index is 13.4. The Morgan fingerprint density at radius 2 is 1.64 bits per heavy atom. The molecule has 9 heteroatoms. The first-order valence-corrected chi connectivity index (χ1v) is 10.5. The number of nitrogens with zero attached hydrogens (tertiary/aromatic N) is 3. The number of Topliss-reactive ketones (excluding diaryl/α,β-unsaturated/α-hetero) is 1. The van der Waals surface area contributed by atoms with E-state index in [1.807, 2.05) is 13.0 Å². The predicted molar refractivity (Wildman–Crippen MR) is 117 cm³/mol. The lowest BCUT2D eigenvalue weighted by atomic mass is 9.82. The highest BCUT2D eigenvalue weighted by Crippen LogP contribution is 2.38. The van der Waals surface area contributed by atoms with Crippen LogP contribution in [0, 0.1) is 22.0 Å². The van der Waals surface area contributed by atoms with Gasteiger partial charge in [-0.2, -0.15) is 5.01 Å². The van der Waals surface area contributed by atoms with Crippen LogP contribution in [-0.4, -0.2) is 45.0 Å². The molecule has 1 fully saturated rings. The van der Waals surface area contributed by atoms with Gasteiger partial charge in [-0.1, -0.05) is 42.0 Å². The van der Waals surface area contributed by atoms with Gasteiger partial charge in [0, 0.05) is 23.3 Å². The van der Waals surface area contributed by atoms with E-state index in [0.717, 1.165) is 27.7 Å². The Bertz CT molecular complexity index is 1170. The minimum Gasteiger partial charge on any atom is -0.292 e. The molecule has 168 valence electrons. The van der Waals surface area contributed by atoms with Gasteiger partial charge in [0.05, 0.1) is 16.8 Å². The van der Waals surface area contributed by atoms with E-state index < -0.39 is 46.8 Å². The van der Waals surface area contributed by atoms with Crippen LogP contribution >= 0.6 is 0 Å². The summed E-state index contributed by atoms with van der Waals surface area (Å²) in [6.45, 7) is 1.36. The number of ketones is 1. The third kappa shape index (κ3) is 4.17. The highest BCUT2D eigenvalue weighted by Gasteiger charge is 2.51. The van der Waals surface area contributed by atoms with Crippen LogP contribution < -0.4 is 0 Å². The topological polar surface area (TPSA) is 118 Å². The summed E-state index contributed by atoms with van der Waals surface area (Å²) in [4.78, 5) is 63.1. The summed E-state index contributed by atoms with van der Waals surface area (Å²) < 4.78 is 0. The van der Waals surface area contributed by atoms with Crippen LogP contribution in [0.15, 0.2) is 66.2 Å². The number of nitro groups is 1. The van der Waals surface area contributed by atoms with E-state index in [1.54, 1.807) is 30.3 Å². The van der Waals surface area contributed by atoms with Crippen LogP contribution in [0.2, 0.25) is 0 Å². The summed E-state index contributed by atoms with van der Waals surface area (Å²) in [7, 11) is 0. The molecule has 1 saturated heterocycles. The van der Waals surface area contributed by atoms with Gasteiger partial charge in [0.1, 0.15) is 6.54 Å². The van der Waals surface area contributed by atoms with E-state index >= 15 is 0 Å². The van der Waals surface area contributed by atoms with Gasteiger partial charge in [-0.25, -0.2) is 5.01 Å². The molecule has 0 spiro atoms. The number of fused-ring (bicyclic) bond motifs is 1. The molecule has 3 amide bonds. The van der Waals surface area contributed by atoms with Crippen LogP contribution in [0.1, 0.15) is 40.5 Å². The lowest BCUT2D eigenvalue weighted by molar-refractivity contribution is -0.384. The number of hydrogen-bond acceptors (Lipinski definition) is 6. The first kappa shape index (κ1) is 22.1. The van der Waals surface area contributed by atoms with Crippen molar-refractivity contribution in [3.63, 3.8) is 0 Å². The second kappa shape index (κ2) is 8.78. The Labute approximate surface area is 189 Å². The number of allylic oxidation sites excluding steroid dienone is 2. The zero-order chi connectivity index (χ0) is 23.7. The molecule has 0 saturated carbocycles. The number of amides is 3. The number of nitro benzene ring substituents is 1. The summed E-state index contributed by atoms with van der Waals surface area (Å²) >= 11 is 0. The summed E-state index contributed by atoms with van der Waals surface area (Å²) in [5.41, 5.74) is 1.13. The van der Waals surface area contributed by atoms with Gasteiger partial charge in [-0.3, -0.25) is 29.3 Å². The third-order valence-corrected chi connectivity index (χ3v) is 5.99. The smallest absolute Gasteiger partial charge is 0.273 e. The molecule has 4 rings (SSSR count). The van der Waals surface area contributed by atoms with Gasteiger partial charge in [-0.15, -0.1) is 0 Å². The summed E-state index contributed by atoms with van der Waals surface area (Å²) in [6, 6.07) is 13.0. The Hall–Kier alpha value is -4.14. The lowest BCUT2D eigenvalue weighted by Gasteiger charge is -2.30. The van der Waals surface area contributed by atoms with Crippen molar-refractivity contribution in [2.75, 3.05) is 6.54 Å². The molecule has 0 unspecified atom stereocenters. The Balaban J connectivity index is 1.69. The van der Waals surface area contributed by atoms with E-state index in [1.165, 1.54) is 12.1 Å². The molecule has 2 aromatic rings. The van der Waals surface area contributed by atoms with Gasteiger partial charge in [0.15, 0.2) is 5.78 Å². The number of non-ortho nitro benzene ring substituents is 1. The Morgan fingerprint density at radius 1 is 1.00 bits per heavy atom. The van der Waals surface area contributed by atoms with Gasteiger partial charge in [0.2, 0.25) is 0 Å². The van der Waals surface area contributed by atoms with Crippen LogP contribution in [-0.2, 0) is 9.59 Å². The van der Waals surface area contributed by atoms with E-state index in [2.05, 4.69) is 0 Å². The molecular formula is C24H21N3O6. The highest BCUT2D eigenvalue weighted by molar-refractivity contribution is 6.09. The summed E-state index contributed by atoms with van der Waals surface area (Å²) in [5, 5.41) is 12.6. The molecule has 1 heterocycles. The fourth-order valence-corrected chi connectivity index (χ4v) is 4.22. The molecule has 1 aliphatic heterocycles. The molecule has 9 nitrogen and oxygen atoms in total. The maximum atomic E-state index is 13.4. The zero-order valence-electron chi connectivity index (χ0n) is 17.8. The lowest BCUT2D eigenvalue weighted by Crippen LogP contribution is -2.52. The Morgan fingerprint density at radius 3 is 2.27 bits per heavy atom. The number of benzene rings is 2. The molecule has 2 atom stereocenters. The molecule has 0 N–H and O–H groups in total. The molecular weight excluding hydrogens is 426 g/mol. The quantitative estimate of drug-likeness (QED) is 0.221. The average Bonchev–Trinajstić information content (AvgIpc) is 3.06. The fraction of sp³-hybridized carbons (Fsp3) is 0.250. The SMILES string of the molecule is CC1=CC[C@@H]2C(=O)N(N(CC(=O)c3ccccc3)C(=O)c3ccc([N+](=O)[O-])cc3)C(=O)[C@@H]2C1. The van der Waals surface area contributed by atoms with Gasteiger partial charge in [-0.05, 0) is 31.9 Å². The summed E-state index contributed by atoms with van der Waals surface area (Å²) in [5.74, 6) is -3.42. The highest BCUT2D eigenvalue weighted by atomic mass is 16.6. The standard InChI is InChI=1S/C24H21N3O6/c1-15-7-12-19-20(13-15)24(31)26(23(19)30)25(14-21(28)16-5-3-2-4-6-16)22(29)17-8-10-18(11-9-17)27(32)33/h2-11,19-20H,12-14H2,1H3/t19-,20+/m0/s1. The predicted octanol–water partition coefficient (Wildman–Crippen LogP) is 3.18. The summed E-state index contributed by atoms with van der Waals surface area (Å²) in [6.07, 6.45) is 2.72. The molecule has 33 heavy (non-hydrogen) atoms. The number of imide groups is 1. The van der Waals surface area contributed by atoms with E-state index in [0.29, 0.717) is 18.4 Å². The average molecular weight is 447 g/mol. The van der Waals surface area contributed by atoms with Crippen molar-refractivity contribution in [1.29, 1.82) is 0 Å². The number of hydrogen-bond donors (Lipinski definition) is 0. The molecule has 2 aromatic carbocycles. The second-order valence-electron chi connectivity index (χ2n) is 8.15. The van der Waals surface area contributed by atoms with Gasteiger partial charge >= 0.3 is 0 Å². The number of carbonyl (C=O) groups is 4. The monoisotopic (exact) mass is 447 g/mol. The van der Waals surface area contributed by atoms with E-state index in [-0.39, 0.29) is 11.3 Å². The van der Waals surface area contributed by atoms with Gasteiger partial charge in [0.25, 0.3) is 23.4 Å².